The van der Waals surface area contributed by atoms with Crippen molar-refractivity contribution in [2.75, 3.05) is 6.54 Å². The van der Waals surface area contributed by atoms with Crippen LogP contribution in [0.1, 0.15) is 52.0 Å². The summed E-state index contributed by atoms with van der Waals surface area (Å²) in [5.74, 6) is 0.709. The Labute approximate surface area is 122 Å². The van der Waals surface area contributed by atoms with Crippen molar-refractivity contribution in [3.05, 3.63) is 29.8 Å². The molecule has 1 aliphatic carbocycles. The highest BCUT2D eigenvalue weighted by atomic mass is 32.2. The van der Waals surface area contributed by atoms with E-state index in [0.717, 1.165) is 11.8 Å². The van der Waals surface area contributed by atoms with Gasteiger partial charge in [-0.1, -0.05) is 45.7 Å². The summed E-state index contributed by atoms with van der Waals surface area (Å²) < 4.78 is 0. The van der Waals surface area contributed by atoms with Crippen LogP contribution in [0.25, 0.3) is 0 Å². The van der Waals surface area contributed by atoms with Crippen molar-refractivity contribution in [1.82, 2.24) is 0 Å². The van der Waals surface area contributed by atoms with Gasteiger partial charge in [0.05, 0.1) is 0 Å². The lowest BCUT2D eigenvalue weighted by molar-refractivity contribution is 0.378. The molecule has 0 bridgehead atoms. The first-order valence-electron chi connectivity index (χ1n) is 7.48. The Morgan fingerprint density at radius 2 is 1.74 bits per heavy atom. The van der Waals surface area contributed by atoms with Crippen molar-refractivity contribution >= 4 is 11.8 Å². The summed E-state index contributed by atoms with van der Waals surface area (Å²) in [5.41, 5.74) is 7.57. The van der Waals surface area contributed by atoms with E-state index in [9.17, 15) is 0 Å². The number of thioether (sulfide) groups is 1. The fourth-order valence-corrected chi connectivity index (χ4v) is 4.17. The quantitative estimate of drug-likeness (QED) is 0.874. The first-order chi connectivity index (χ1) is 9.00. The molecule has 1 nitrogen and oxygen atoms in total. The van der Waals surface area contributed by atoms with Gasteiger partial charge in [-0.3, -0.25) is 0 Å². The van der Waals surface area contributed by atoms with Crippen molar-refractivity contribution < 1.29 is 0 Å². The van der Waals surface area contributed by atoms with Crippen molar-refractivity contribution in [2.24, 2.45) is 11.7 Å². The number of hydrogen-bond donors (Lipinski definition) is 1. The molecule has 0 aromatic heterocycles. The van der Waals surface area contributed by atoms with Crippen LogP contribution in [0.4, 0.5) is 0 Å². The monoisotopic (exact) mass is 277 g/mol. The summed E-state index contributed by atoms with van der Waals surface area (Å²) in [6.45, 7) is 7.64. The highest BCUT2D eigenvalue weighted by Gasteiger charge is 2.24. The first kappa shape index (κ1) is 14.9. The summed E-state index contributed by atoms with van der Waals surface area (Å²) >= 11 is 2.04. The normalized spacial score (nSPS) is 24.4. The fourth-order valence-electron chi connectivity index (χ4n) is 2.81. The molecular formula is C17H27NS. The van der Waals surface area contributed by atoms with Crippen molar-refractivity contribution in [3.63, 3.8) is 0 Å². The van der Waals surface area contributed by atoms with E-state index in [1.165, 1.54) is 36.1 Å². The third-order valence-electron chi connectivity index (χ3n) is 4.15. The molecule has 0 amide bonds. The van der Waals surface area contributed by atoms with Crippen molar-refractivity contribution in [3.8, 4) is 0 Å². The van der Waals surface area contributed by atoms with Crippen LogP contribution in [-0.2, 0) is 5.41 Å². The third-order valence-corrected chi connectivity index (χ3v) is 5.62. The van der Waals surface area contributed by atoms with E-state index in [0.29, 0.717) is 5.92 Å². The van der Waals surface area contributed by atoms with Gasteiger partial charge in [0.15, 0.2) is 0 Å². The van der Waals surface area contributed by atoms with E-state index in [-0.39, 0.29) is 5.41 Å². The second-order valence-electron chi connectivity index (χ2n) is 6.71. The van der Waals surface area contributed by atoms with Crippen LogP contribution in [0.3, 0.4) is 0 Å². The molecule has 2 heteroatoms. The standard InChI is InChI=1S/C17H27NS/c1-17(2,3)14-8-10-15(11-9-14)19-16-7-5-4-6-13(16)12-18/h8-11,13,16H,4-7,12,18H2,1-3H3. The van der Waals surface area contributed by atoms with E-state index >= 15 is 0 Å². The van der Waals surface area contributed by atoms with E-state index in [4.69, 9.17) is 5.73 Å². The molecule has 1 aliphatic rings. The largest absolute Gasteiger partial charge is 0.330 e. The third kappa shape index (κ3) is 4.00. The molecule has 1 saturated carbocycles. The highest BCUT2D eigenvalue weighted by molar-refractivity contribution is 8.00. The van der Waals surface area contributed by atoms with E-state index in [1.807, 2.05) is 11.8 Å². The van der Waals surface area contributed by atoms with Crippen LogP contribution < -0.4 is 5.73 Å². The Morgan fingerprint density at radius 1 is 1.11 bits per heavy atom. The molecule has 2 rings (SSSR count). The lowest BCUT2D eigenvalue weighted by atomic mass is 9.87. The minimum absolute atomic E-state index is 0.244. The minimum atomic E-state index is 0.244. The SMILES string of the molecule is CC(C)(C)c1ccc(SC2CCCCC2CN)cc1. The average molecular weight is 277 g/mol. The van der Waals surface area contributed by atoms with Crippen LogP contribution in [-0.4, -0.2) is 11.8 Å². The van der Waals surface area contributed by atoms with E-state index in [2.05, 4.69) is 45.0 Å². The van der Waals surface area contributed by atoms with Gasteiger partial charge >= 0.3 is 0 Å². The highest BCUT2D eigenvalue weighted by Crippen LogP contribution is 2.37. The average Bonchev–Trinajstić information content (AvgIpc) is 2.39. The van der Waals surface area contributed by atoms with Gasteiger partial charge in [0.25, 0.3) is 0 Å². The van der Waals surface area contributed by atoms with Gasteiger partial charge in [0.1, 0.15) is 0 Å². The molecule has 0 aliphatic heterocycles. The molecule has 0 heterocycles. The Kier molecular flexibility index (Phi) is 4.97. The Balaban J connectivity index is 2.02. The zero-order valence-corrected chi connectivity index (χ0v) is 13.3. The second-order valence-corrected chi connectivity index (χ2v) is 8.02. The van der Waals surface area contributed by atoms with Gasteiger partial charge in [0, 0.05) is 10.1 Å². The zero-order chi connectivity index (χ0) is 13.9. The van der Waals surface area contributed by atoms with Gasteiger partial charge in [-0.05, 0) is 48.4 Å². The van der Waals surface area contributed by atoms with Crippen molar-refractivity contribution in [1.29, 1.82) is 0 Å². The van der Waals surface area contributed by atoms with E-state index < -0.39 is 0 Å². The predicted molar refractivity (Wildman–Crippen MR) is 85.8 cm³/mol. The maximum absolute atomic E-state index is 5.92. The number of nitrogens with two attached hydrogens (primary N) is 1. The Morgan fingerprint density at radius 3 is 2.32 bits per heavy atom. The maximum Gasteiger partial charge on any atom is 0.0135 e. The molecule has 0 radical (unpaired) electrons. The van der Waals surface area contributed by atoms with Gasteiger partial charge in [-0.15, -0.1) is 11.8 Å². The van der Waals surface area contributed by atoms with Gasteiger partial charge in [-0.25, -0.2) is 0 Å². The molecule has 19 heavy (non-hydrogen) atoms. The molecule has 1 fully saturated rings. The number of benzene rings is 1. The molecule has 1 aromatic carbocycles. The summed E-state index contributed by atoms with van der Waals surface area (Å²) in [7, 11) is 0. The molecule has 2 N–H and O–H groups in total. The zero-order valence-electron chi connectivity index (χ0n) is 12.5. The number of rotatable bonds is 3. The lowest BCUT2D eigenvalue weighted by Gasteiger charge is -2.30. The molecule has 2 unspecified atom stereocenters. The van der Waals surface area contributed by atoms with Crippen LogP contribution in [0.15, 0.2) is 29.2 Å². The van der Waals surface area contributed by atoms with Gasteiger partial charge < -0.3 is 5.73 Å². The molecule has 0 saturated heterocycles. The second kappa shape index (κ2) is 6.32. The van der Waals surface area contributed by atoms with Crippen LogP contribution in [0.2, 0.25) is 0 Å². The minimum Gasteiger partial charge on any atom is -0.330 e. The summed E-state index contributed by atoms with van der Waals surface area (Å²) in [6.07, 6.45) is 5.37. The molecular weight excluding hydrogens is 250 g/mol. The summed E-state index contributed by atoms with van der Waals surface area (Å²) in [4.78, 5) is 1.40. The van der Waals surface area contributed by atoms with Crippen LogP contribution in [0, 0.1) is 5.92 Å². The van der Waals surface area contributed by atoms with Crippen LogP contribution >= 0.6 is 11.8 Å². The molecule has 1 aromatic rings. The van der Waals surface area contributed by atoms with E-state index in [1.54, 1.807) is 0 Å². The Bertz CT molecular complexity index is 391. The van der Waals surface area contributed by atoms with Gasteiger partial charge in [-0.2, -0.15) is 0 Å². The lowest BCUT2D eigenvalue weighted by Crippen LogP contribution is -2.28. The summed E-state index contributed by atoms with van der Waals surface area (Å²) in [6, 6.07) is 9.13. The topological polar surface area (TPSA) is 26.0 Å². The first-order valence-corrected chi connectivity index (χ1v) is 8.36. The number of hydrogen-bond acceptors (Lipinski definition) is 2. The predicted octanol–water partition coefficient (Wildman–Crippen LogP) is 4.59. The Hall–Kier alpha value is -0.470. The molecule has 106 valence electrons. The summed E-state index contributed by atoms with van der Waals surface area (Å²) in [5, 5.41) is 0.722. The molecule has 0 spiro atoms. The van der Waals surface area contributed by atoms with Crippen LogP contribution in [0.5, 0.6) is 0 Å². The smallest absolute Gasteiger partial charge is 0.0135 e. The fraction of sp³-hybridized carbons (Fsp3) is 0.647. The van der Waals surface area contributed by atoms with Crippen molar-refractivity contribution in [2.45, 2.75) is 62.0 Å². The molecule has 2 atom stereocenters. The maximum atomic E-state index is 5.92. The van der Waals surface area contributed by atoms with Gasteiger partial charge in [0.2, 0.25) is 0 Å².